The molecule has 8 atom stereocenters. The molecule has 6 rings (SSSR count). The molecule has 2 aliphatic heterocycles. The highest BCUT2D eigenvalue weighted by molar-refractivity contribution is 7.16. The van der Waals surface area contributed by atoms with Gasteiger partial charge in [-0.3, -0.25) is 0 Å². The molecular weight excluding hydrogens is 481 g/mol. The SMILES string of the molecule is CC1=CC2C(CC(C)C2[Si](C)(C)C2C(C)CC3C2C=C(C)N3c2ccc(C)s2)N1c1ccc(C)s1. The maximum Gasteiger partial charge on any atom is 0.0955 e. The summed E-state index contributed by atoms with van der Waals surface area (Å²) in [5.41, 5.74) is 4.73. The Labute approximate surface area is 221 Å². The summed E-state index contributed by atoms with van der Waals surface area (Å²) >= 11 is 3.94. The van der Waals surface area contributed by atoms with Crippen LogP contribution < -0.4 is 9.80 Å². The Morgan fingerprint density at radius 1 is 0.686 bits per heavy atom. The van der Waals surface area contributed by atoms with Gasteiger partial charge in [0.05, 0.1) is 18.1 Å². The van der Waals surface area contributed by atoms with Crippen LogP contribution in [-0.2, 0) is 0 Å². The first kappa shape index (κ1) is 24.1. The topological polar surface area (TPSA) is 6.48 Å². The van der Waals surface area contributed by atoms with Crippen LogP contribution in [0.1, 0.15) is 50.3 Å². The Morgan fingerprint density at radius 3 is 1.43 bits per heavy atom. The zero-order valence-corrected chi connectivity index (χ0v) is 25.3. The van der Waals surface area contributed by atoms with Gasteiger partial charge in [-0.25, -0.2) is 0 Å². The molecule has 0 radical (unpaired) electrons. The smallest absolute Gasteiger partial charge is 0.0955 e. The van der Waals surface area contributed by atoms with Gasteiger partial charge in [0.2, 0.25) is 0 Å². The van der Waals surface area contributed by atoms with Gasteiger partial charge in [0, 0.05) is 45.1 Å². The van der Waals surface area contributed by atoms with Crippen LogP contribution in [0.2, 0.25) is 24.2 Å². The molecule has 188 valence electrons. The molecule has 0 amide bonds. The minimum Gasteiger partial charge on any atom is -0.334 e. The van der Waals surface area contributed by atoms with Crippen molar-refractivity contribution in [2.45, 2.75) is 90.6 Å². The molecule has 5 heteroatoms. The van der Waals surface area contributed by atoms with E-state index in [9.17, 15) is 0 Å². The first-order valence-corrected chi connectivity index (χ1v) is 18.4. The number of fused-ring (bicyclic) bond motifs is 2. The Balaban J connectivity index is 1.31. The molecule has 0 N–H and O–H groups in total. The van der Waals surface area contributed by atoms with Crippen LogP contribution in [0.5, 0.6) is 0 Å². The molecule has 35 heavy (non-hydrogen) atoms. The average Bonchev–Trinajstić information content (AvgIpc) is 3.57. The maximum atomic E-state index is 2.78. The lowest BCUT2D eigenvalue weighted by Crippen LogP contribution is -2.46. The standard InChI is InChI=1S/C30H42N2S2Si/c1-17-13-25-23(15-19(3)31(25)27-11-9-21(5)33-27)29(17)35(7,8)30-18(2)14-26-24(30)16-20(4)32(26)28-12-10-22(6)34-28/h9-12,15-18,23-26,29-30H,13-14H2,1-8H3. The second kappa shape index (κ2) is 8.36. The normalized spacial score (nSPS) is 36.6. The zero-order valence-electron chi connectivity index (χ0n) is 22.7. The molecule has 2 aromatic heterocycles. The molecule has 0 bridgehead atoms. The van der Waals surface area contributed by atoms with Crippen LogP contribution in [0.15, 0.2) is 47.8 Å². The molecule has 0 spiro atoms. The van der Waals surface area contributed by atoms with E-state index in [0.29, 0.717) is 12.1 Å². The van der Waals surface area contributed by atoms with Crippen molar-refractivity contribution in [2.24, 2.45) is 23.7 Å². The van der Waals surface area contributed by atoms with E-state index in [4.69, 9.17) is 0 Å². The Hall–Kier alpha value is -1.30. The van der Waals surface area contributed by atoms with E-state index in [1.807, 2.05) is 22.7 Å². The van der Waals surface area contributed by atoms with Gasteiger partial charge in [-0.15, -0.1) is 22.7 Å². The highest BCUT2D eigenvalue weighted by atomic mass is 32.1. The summed E-state index contributed by atoms with van der Waals surface area (Å²) in [4.78, 5) is 8.27. The van der Waals surface area contributed by atoms with Crippen molar-refractivity contribution in [1.29, 1.82) is 0 Å². The third-order valence-electron chi connectivity index (χ3n) is 10.1. The van der Waals surface area contributed by atoms with Crippen LogP contribution >= 0.6 is 22.7 Å². The van der Waals surface area contributed by atoms with Gasteiger partial charge < -0.3 is 9.80 Å². The molecule has 0 aromatic carbocycles. The summed E-state index contributed by atoms with van der Waals surface area (Å²) in [6.07, 6.45) is 8.08. The Bertz CT molecular complexity index is 1100. The van der Waals surface area contributed by atoms with Crippen molar-refractivity contribution in [3.8, 4) is 0 Å². The van der Waals surface area contributed by atoms with Crippen LogP contribution in [0.4, 0.5) is 10.0 Å². The maximum absolute atomic E-state index is 2.78. The molecule has 2 nitrogen and oxygen atoms in total. The van der Waals surface area contributed by atoms with E-state index in [0.717, 1.165) is 34.8 Å². The fraction of sp³-hybridized carbons (Fsp3) is 0.600. The summed E-state index contributed by atoms with van der Waals surface area (Å²) in [5.74, 6) is 3.08. The van der Waals surface area contributed by atoms with Gasteiger partial charge in [-0.05, 0) is 87.7 Å². The lowest BCUT2D eigenvalue weighted by Gasteiger charge is -2.44. The van der Waals surface area contributed by atoms with Gasteiger partial charge in [0.25, 0.3) is 0 Å². The molecular formula is C30H42N2S2Si. The first-order valence-electron chi connectivity index (χ1n) is 13.7. The number of hydrogen-bond donors (Lipinski definition) is 0. The van der Waals surface area contributed by atoms with E-state index in [-0.39, 0.29) is 0 Å². The summed E-state index contributed by atoms with van der Waals surface area (Å²) in [7, 11) is -1.58. The number of nitrogens with zero attached hydrogens (tertiary/aromatic N) is 2. The molecule has 4 heterocycles. The van der Waals surface area contributed by atoms with E-state index >= 15 is 0 Å². The van der Waals surface area contributed by atoms with E-state index in [2.05, 4.69) is 101 Å². The van der Waals surface area contributed by atoms with Gasteiger partial charge >= 0.3 is 0 Å². The third kappa shape index (κ3) is 3.59. The number of rotatable bonds is 4. The molecule has 2 aromatic rings. The second-order valence-corrected chi connectivity index (χ2v) is 20.2. The summed E-state index contributed by atoms with van der Waals surface area (Å²) in [6.45, 7) is 20.0. The third-order valence-corrected chi connectivity index (χ3v) is 17.5. The minimum atomic E-state index is -1.58. The van der Waals surface area contributed by atoms with Crippen LogP contribution in [0, 0.1) is 37.5 Å². The predicted molar refractivity (Wildman–Crippen MR) is 158 cm³/mol. The Morgan fingerprint density at radius 2 is 1.09 bits per heavy atom. The second-order valence-electron chi connectivity index (χ2n) is 12.7. The van der Waals surface area contributed by atoms with Gasteiger partial charge in [0.15, 0.2) is 0 Å². The fourth-order valence-electron chi connectivity index (χ4n) is 9.29. The van der Waals surface area contributed by atoms with Gasteiger partial charge in [-0.1, -0.05) is 39.1 Å². The van der Waals surface area contributed by atoms with E-state index < -0.39 is 8.07 Å². The van der Waals surface area contributed by atoms with Gasteiger partial charge in [0.1, 0.15) is 0 Å². The summed E-state index contributed by atoms with van der Waals surface area (Å²) in [5, 5.41) is 2.92. The number of aryl methyl sites for hydroxylation is 2. The molecule has 8 unspecified atom stereocenters. The lowest BCUT2D eigenvalue weighted by atomic mass is 10.0. The molecule has 2 aliphatic carbocycles. The van der Waals surface area contributed by atoms with Crippen molar-refractivity contribution in [3.63, 3.8) is 0 Å². The van der Waals surface area contributed by atoms with Crippen molar-refractivity contribution in [1.82, 2.24) is 0 Å². The molecule has 4 aliphatic rings. The molecule has 2 fully saturated rings. The predicted octanol–water partition coefficient (Wildman–Crippen LogP) is 9.07. The van der Waals surface area contributed by atoms with Crippen LogP contribution in [-0.4, -0.2) is 20.2 Å². The van der Waals surface area contributed by atoms with Crippen LogP contribution in [0.25, 0.3) is 0 Å². The van der Waals surface area contributed by atoms with Crippen molar-refractivity contribution >= 4 is 40.7 Å². The monoisotopic (exact) mass is 522 g/mol. The van der Waals surface area contributed by atoms with Crippen molar-refractivity contribution in [2.75, 3.05) is 9.80 Å². The number of allylic oxidation sites excluding steroid dienone is 2. The van der Waals surface area contributed by atoms with E-state index in [1.54, 1.807) is 0 Å². The quantitative estimate of drug-likeness (QED) is 0.369. The lowest BCUT2D eigenvalue weighted by molar-refractivity contribution is 0.505. The fourth-order valence-corrected chi connectivity index (χ4v) is 17.5. The number of thiophene rings is 2. The minimum absolute atomic E-state index is 0.666. The average molecular weight is 523 g/mol. The summed E-state index contributed by atoms with van der Waals surface area (Å²) in [6, 6.07) is 10.6. The van der Waals surface area contributed by atoms with Gasteiger partial charge in [-0.2, -0.15) is 0 Å². The molecule has 0 saturated heterocycles. The highest BCUT2D eigenvalue weighted by Crippen LogP contribution is 2.63. The largest absolute Gasteiger partial charge is 0.334 e. The van der Waals surface area contributed by atoms with Crippen molar-refractivity contribution in [3.05, 3.63) is 57.6 Å². The zero-order chi connectivity index (χ0) is 24.8. The van der Waals surface area contributed by atoms with Crippen LogP contribution in [0.3, 0.4) is 0 Å². The summed E-state index contributed by atoms with van der Waals surface area (Å²) < 4.78 is 0. The Kier molecular flexibility index (Phi) is 5.74. The van der Waals surface area contributed by atoms with E-state index in [1.165, 1.54) is 44.0 Å². The molecule has 2 saturated carbocycles. The highest BCUT2D eigenvalue weighted by Gasteiger charge is 2.60. The number of hydrogen-bond acceptors (Lipinski definition) is 4. The van der Waals surface area contributed by atoms with Crippen molar-refractivity contribution < 1.29 is 0 Å². The number of anilines is 2. The first-order chi connectivity index (χ1) is 16.6.